The topological polar surface area (TPSA) is 14.2 Å². The summed E-state index contributed by atoms with van der Waals surface area (Å²) in [4.78, 5) is 0. The van der Waals surface area contributed by atoms with Crippen LogP contribution < -0.4 is 4.74 Å². The van der Waals surface area contributed by atoms with Crippen molar-refractivity contribution in [1.82, 2.24) is 4.57 Å². The van der Waals surface area contributed by atoms with E-state index in [0.29, 0.717) is 0 Å². The third-order valence-corrected chi connectivity index (χ3v) is 3.50. The van der Waals surface area contributed by atoms with Crippen molar-refractivity contribution in [2.75, 3.05) is 7.11 Å². The van der Waals surface area contributed by atoms with Crippen molar-refractivity contribution < 1.29 is 4.74 Å². The number of hydrogen-bond acceptors (Lipinski definition) is 2. The van der Waals surface area contributed by atoms with E-state index in [1.54, 1.807) is 18.4 Å². The molecule has 3 heteroatoms. The monoisotopic (exact) mass is 229 g/mol. The highest BCUT2D eigenvalue weighted by atomic mass is 32.1. The summed E-state index contributed by atoms with van der Waals surface area (Å²) in [6.07, 6.45) is 4.30. The fourth-order valence-corrected chi connectivity index (χ4v) is 2.55. The van der Waals surface area contributed by atoms with Crippen molar-refractivity contribution in [3.8, 4) is 11.4 Å². The van der Waals surface area contributed by atoms with Gasteiger partial charge in [0.05, 0.1) is 11.8 Å². The zero-order valence-electron chi connectivity index (χ0n) is 8.88. The van der Waals surface area contributed by atoms with E-state index in [0.717, 1.165) is 11.4 Å². The molecule has 0 aliphatic heterocycles. The predicted octanol–water partition coefficient (Wildman–Crippen LogP) is 3.70. The lowest BCUT2D eigenvalue weighted by Crippen LogP contribution is -1.89. The Kier molecular flexibility index (Phi) is 2.18. The average Bonchev–Trinajstić information content (AvgIpc) is 2.89. The summed E-state index contributed by atoms with van der Waals surface area (Å²) < 4.78 is 8.60. The quantitative estimate of drug-likeness (QED) is 0.653. The van der Waals surface area contributed by atoms with Gasteiger partial charge in [0, 0.05) is 23.5 Å². The minimum atomic E-state index is 0.887. The SMILES string of the molecule is COc1ccc(-n2cc3ccsc3c2)cc1. The fourth-order valence-electron chi connectivity index (χ4n) is 1.76. The highest BCUT2D eigenvalue weighted by molar-refractivity contribution is 7.17. The van der Waals surface area contributed by atoms with Gasteiger partial charge in [0.2, 0.25) is 0 Å². The lowest BCUT2D eigenvalue weighted by Gasteiger charge is -2.03. The predicted molar refractivity (Wildman–Crippen MR) is 67.7 cm³/mol. The fraction of sp³-hybridized carbons (Fsp3) is 0.0769. The van der Waals surface area contributed by atoms with Crippen molar-refractivity contribution in [1.29, 1.82) is 0 Å². The number of fused-ring (bicyclic) bond motifs is 1. The maximum atomic E-state index is 5.14. The Labute approximate surface area is 97.7 Å². The second-order valence-electron chi connectivity index (χ2n) is 3.60. The van der Waals surface area contributed by atoms with Crippen LogP contribution in [-0.2, 0) is 0 Å². The summed E-state index contributed by atoms with van der Waals surface area (Å²) in [5.41, 5.74) is 1.16. The molecule has 0 N–H and O–H groups in total. The van der Waals surface area contributed by atoms with Gasteiger partial charge in [-0.25, -0.2) is 0 Å². The number of benzene rings is 1. The van der Waals surface area contributed by atoms with Gasteiger partial charge in [-0.1, -0.05) is 0 Å². The second-order valence-corrected chi connectivity index (χ2v) is 4.55. The molecule has 0 amide bonds. The molecule has 0 unspecified atom stereocenters. The van der Waals surface area contributed by atoms with Gasteiger partial charge in [-0.15, -0.1) is 11.3 Å². The molecular formula is C13H11NOS. The van der Waals surface area contributed by atoms with Gasteiger partial charge in [-0.3, -0.25) is 0 Å². The van der Waals surface area contributed by atoms with Crippen molar-refractivity contribution >= 4 is 21.4 Å². The Bertz CT molecular complexity index is 578. The number of ether oxygens (including phenoxy) is 1. The van der Waals surface area contributed by atoms with Gasteiger partial charge in [0.15, 0.2) is 0 Å². The van der Waals surface area contributed by atoms with E-state index in [1.807, 2.05) is 12.1 Å². The van der Waals surface area contributed by atoms with E-state index in [9.17, 15) is 0 Å². The molecule has 3 aromatic rings. The van der Waals surface area contributed by atoms with Crippen LogP contribution >= 0.6 is 11.3 Å². The molecule has 0 bridgehead atoms. The smallest absolute Gasteiger partial charge is 0.119 e. The van der Waals surface area contributed by atoms with Gasteiger partial charge >= 0.3 is 0 Å². The van der Waals surface area contributed by atoms with Crippen molar-refractivity contribution in [3.05, 3.63) is 48.1 Å². The first-order chi connectivity index (χ1) is 7.86. The van der Waals surface area contributed by atoms with Gasteiger partial charge in [-0.05, 0) is 35.7 Å². The molecule has 0 aliphatic carbocycles. The number of rotatable bonds is 2. The molecule has 0 fully saturated rings. The number of hydrogen-bond donors (Lipinski definition) is 0. The number of methoxy groups -OCH3 is 1. The molecule has 2 heterocycles. The summed E-state index contributed by atoms with van der Waals surface area (Å²) in [7, 11) is 1.68. The molecule has 3 rings (SSSR count). The summed E-state index contributed by atoms with van der Waals surface area (Å²) in [5.74, 6) is 0.887. The van der Waals surface area contributed by atoms with Crippen LogP contribution in [0, 0.1) is 0 Å². The lowest BCUT2D eigenvalue weighted by molar-refractivity contribution is 0.415. The van der Waals surface area contributed by atoms with Gasteiger partial charge in [0.25, 0.3) is 0 Å². The first-order valence-corrected chi connectivity index (χ1v) is 5.94. The van der Waals surface area contributed by atoms with Crippen molar-refractivity contribution in [2.45, 2.75) is 0 Å². The molecule has 1 aromatic carbocycles. The van der Waals surface area contributed by atoms with Gasteiger partial charge < -0.3 is 9.30 Å². The van der Waals surface area contributed by atoms with Crippen LogP contribution in [0.2, 0.25) is 0 Å². The minimum absolute atomic E-state index is 0.887. The molecule has 0 radical (unpaired) electrons. The first kappa shape index (κ1) is 9.48. The Balaban J connectivity index is 2.05. The summed E-state index contributed by atoms with van der Waals surface area (Å²) in [5, 5.41) is 3.41. The first-order valence-electron chi connectivity index (χ1n) is 5.06. The Hall–Kier alpha value is -1.74. The Morgan fingerprint density at radius 1 is 1.06 bits per heavy atom. The standard InChI is InChI=1S/C13H11NOS/c1-15-12-4-2-11(3-5-12)14-8-10-6-7-16-13(10)9-14/h2-9H,1H3. The van der Waals surface area contributed by atoms with E-state index in [2.05, 4.69) is 40.5 Å². The highest BCUT2D eigenvalue weighted by Crippen LogP contribution is 2.24. The van der Waals surface area contributed by atoms with E-state index >= 15 is 0 Å². The third-order valence-electron chi connectivity index (χ3n) is 2.63. The third kappa shape index (κ3) is 1.49. The van der Waals surface area contributed by atoms with E-state index in [-0.39, 0.29) is 0 Å². The Morgan fingerprint density at radius 2 is 1.88 bits per heavy atom. The molecule has 0 saturated carbocycles. The zero-order valence-corrected chi connectivity index (χ0v) is 9.70. The van der Waals surface area contributed by atoms with Gasteiger partial charge in [0.1, 0.15) is 5.75 Å². The van der Waals surface area contributed by atoms with E-state index < -0.39 is 0 Å². The van der Waals surface area contributed by atoms with Crippen LogP contribution in [0.5, 0.6) is 5.75 Å². The average molecular weight is 229 g/mol. The number of nitrogens with zero attached hydrogens (tertiary/aromatic N) is 1. The van der Waals surface area contributed by atoms with Crippen LogP contribution in [0.3, 0.4) is 0 Å². The zero-order chi connectivity index (χ0) is 11.0. The molecular weight excluding hydrogens is 218 g/mol. The van der Waals surface area contributed by atoms with Crippen LogP contribution in [0.4, 0.5) is 0 Å². The van der Waals surface area contributed by atoms with Crippen molar-refractivity contribution in [2.24, 2.45) is 0 Å². The summed E-state index contributed by atoms with van der Waals surface area (Å²) >= 11 is 1.76. The Morgan fingerprint density at radius 3 is 2.56 bits per heavy atom. The molecule has 2 aromatic heterocycles. The minimum Gasteiger partial charge on any atom is -0.497 e. The second kappa shape index (κ2) is 3.68. The molecule has 16 heavy (non-hydrogen) atoms. The van der Waals surface area contributed by atoms with Crippen LogP contribution in [-0.4, -0.2) is 11.7 Å². The normalized spacial score (nSPS) is 10.8. The van der Waals surface area contributed by atoms with Crippen LogP contribution in [0.15, 0.2) is 48.1 Å². The van der Waals surface area contributed by atoms with E-state index in [4.69, 9.17) is 4.74 Å². The van der Waals surface area contributed by atoms with Crippen molar-refractivity contribution in [3.63, 3.8) is 0 Å². The lowest BCUT2D eigenvalue weighted by atomic mass is 10.3. The largest absolute Gasteiger partial charge is 0.497 e. The molecule has 0 spiro atoms. The summed E-state index contributed by atoms with van der Waals surface area (Å²) in [6, 6.07) is 10.2. The molecule has 0 saturated heterocycles. The highest BCUT2D eigenvalue weighted by Gasteiger charge is 2.01. The van der Waals surface area contributed by atoms with Gasteiger partial charge in [-0.2, -0.15) is 0 Å². The molecule has 2 nitrogen and oxygen atoms in total. The number of thiophene rings is 1. The molecule has 80 valence electrons. The van der Waals surface area contributed by atoms with E-state index in [1.165, 1.54) is 10.1 Å². The number of aromatic nitrogens is 1. The van der Waals surface area contributed by atoms with Crippen LogP contribution in [0.25, 0.3) is 15.8 Å². The maximum Gasteiger partial charge on any atom is 0.119 e. The molecule has 0 atom stereocenters. The molecule has 0 aliphatic rings. The summed E-state index contributed by atoms with van der Waals surface area (Å²) in [6.45, 7) is 0. The van der Waals surface area contributed by atoms with Crippen LogP contribution in [0.1, 0.15) is 0 Å². The maximum absolute atomic E-state index is 5.14.